The number of rotatable bonds is 9. The fourth-order valence-corrected chi connectivity index (χ4v) is 4.68. The van der Waals surface area contributed by atoms with Gasteiger partial charge in [0.1, 0.15) is 29.5 Å². The molecule has 0 saturated carbocycles. The van der Waals surface area contributed by atoms with Crippen molar-refractivity contribution in [3.8, 4) is 5.75 Å². The number of halogens is 3. The van der Waals surface area contributed by atoms with E-state index < -0.39 is 23.9 Å². The lowest BCUT2D eigenvalue weighted by Crippen LogP contribution is -2.38. The van der Waals surface area contributed by atoms with Gasteiger partial charge in [0.15, 0.2) is 0 Å². The topological polar surface area (TPSA) is 66.8 Å². The van der Waals surface area contributed by atoms with Crippen LogP contribution in [0.2, 0.25) is 5.02 Å². The maximum atomic E-state index is 13.9. The molecule has 8 heteroatoms. The number of hydrogen-bond acceptors (Lipinski definition) is 3. The Morgan fingerprint density at radius 2 is 1.83 bits per heavy atom. The number of fused-ring (bicyclic) bond motifs is 1. The van der Waals surface area contributed by atoms with Crippen LogP contribution in [0, 0.1) is 11.6 Å². The van der Waals surface area contributed by atoms with Gasteiger partial charge in [0.25, 0.3) is 0 Å². The standard InChI is InChI=1S/C28H26ClF2NO4/c1-28(15-20-5-7-23(29)24(31)13-20)16-21-11-19(6-8-25(21)36-28)14-26(33)32(17-27(34)35)10-9-18-3-2-4-22(30)12-18/h2-8,11-13H,9-10,14-17H2,1H3,(H,34,35)/t28-/m1/s1. The predicted octanol–water partition coefficient (Wildman–Crippen LogP) is 5.25. The number of amides is 1. The van der Waals surface area contributed by atoms with E-state index in [9.17, 15) is 23.5 Å². The molecule has 0 spiro atoms. The van der Waals surface area contributed by atoms with E-state index in [1.807, 2.05) is 13.0 Å². The summed E-state index contributed by atoms with van der Waals surface area (Å²) >= 11 is 5.79. The number of ether oxygens (including phenoxy) is 1. The molecule has 188 valence electrons. The van der Waals surface area contributed by atoms with E-state index in [4.69, 9.17) is 16.3 Å². The molecule has 3 aromatic rings. The predicted molar refractivity (Wildman–Crippen MR) is 132 cm³/mol. The Balaban J connectivity index is 1.42. The summed E-state index contributed by atoms with van der Waals surface area (Å²) in [4.78, 5) is 25.6. The second-order valence-electron chi connectivity index (χ2n) is 9.36. The molecule has 0 fully saturated rings. The van der Waals surface area contributed by atoms with Gasteiger partial charge in [-0.05, 0) is 65.9 Å². The van der Waals surface area contributed by atoms with E-state index in [1.54, 1.807) is 30.3 Å². The summed E-state index contributed by atoms with van der Waals surface area (Å²) in [6.07, 6.45) is 1.44. The first kappa shape index (κ1) is 25.6. The van der Waals surface area contributed by atoms with Gasteiger partial charge in [-0.2, -0.15) is 0 Å². The molecule has 36 heavy (non-hydrogen) atoms. The van der Waals surface area contributed by atoms with Gasteiger partial charge >= 0.3 is 5.97 Å². The van der Waals surface area contributed by atoms with Crippen LogP contribution in [0.4, 0.5) is 8.78 Å². The third-order valence-electron chi connectivity index (χ3n) is 6.20. The molecule has 1 aliphatic heterocycles. The molecule has 0 unspecified atom stereocenters. The maximum absolute atomic E-state index is 13.9. The molecule has 1 amide bonds. The first-order valence-electron chi connectivity index (χ1n) is 11.6. The molecule has 0 bridgehead atoms. The molecule has 1 N–H and O–H groups in total. The highest BCUT2D eigenvalue weighted by Crippen LogP contribution is 2.38. The van der Waals surface area contributed by atoms with Gasteiger partial charge in [-0.15, -0.1) is 0 Å². The van der Waals surface area contributed by atoms with Gasteiger partial charge in [-0.25, -0.2) is 8.78 Å². The van der Waals surface area contributed by atoms with E-state index in [2.05, 4.69) is 0 Å². The average molecular weight is 514 g/mol. The smallest absolute Gasteiger partial charge is 0.323 e. The number of carbonyl (C=O) groups is 2. The molecule has 1 aliphatic rings. The van der Waals surface area contributed by atoms with Crippen molar-refractivity contribution in [1.82, 2.24) is 4.90 Å². The normalized spacial score (nSPS) is 16.3. The van der Waals surface area contributed by atoms with Crippen LogP contribution in [0.25, 0.3) is 0 Å². The van der Waals surface area contributed by atoms with E-state index in [0.29, 0.717) is 30.6 Å². The second kappa shape index (κ2) is 10.7. The van der Waals surface area contributed by atoms with Crippen LogP contribution in [0.15, 0.2) is 60.7 Å². The highest BCUT2D eigenvalue weighted by molar-refractivity contribution is 6.30. The van der Waals surface area contributed by atoms with Crippen molar-refractivity contribution in [2.24, 2.45) is 0 Å². The van der Waals surface area contributed by atoms with E-state index in [0.717, 1.165) is 16.7 Å². The summed E-state index contributed by atoms with van der Waals surface area (Å²) in [5.74, 6) is -1.59. The largest absolute Gasteiger partial charge is 0.487 e. The molecule has 4 rings (SSSR count). The Kier molecular flexibility index (Phi) is 7.59. The number of carboxylic acid groups (broad SMARTS) is 1. The van der Waals surface area contributed by atoms with Crippen molar-refractivity contribution in [2.75, 3.05) is 13.1 Å². The lowest BCUT2D eigenvalue weighted by Gasteiger charge is -2.24. The van der Waals surface area contributed by atoms with Crippen molar-refractivity contribution in [3.05, 3.63) is 99.6 Å². The fourth-order valence-electron chi connectivity index (χ4n) is 4.56. The number of carboxylic acids is 1. The van der Waals surface area contributed by atoms with Crippen LogP contribution in [0.1, 0.15) is 29.2 Å². The Hall–Kier alpha value is -3.45. The number of benzene rings is 3. The first-order chi connectivity index (χ1) is 17.1. The van der Waals surface area contributed by atoms with E-state index in [1.165, 1.54) is 29.2 Å². The van der Waals surface area contributed by atoms with E-state index in [-0.39, 0.29) is 29.7 Å². The third-order valence-corrected chi connectivity index (χ3v) is 6.51. The van der Waals surface area contributed by atoms with Crippen LogP contribution in [0.5, 0.6) is 5.75 Å². The fraction of sp³-hybridized carbons (Fsp3) is 0.286. The van der Waals surface area contributed by atoms with Crippen LogP contribution < -0.4 is 4.74 Å². The molecule has 5 nitrogen and oxygen atoms in total. The molecule has 0 radical (unpaired) electrons. The van der Waals surface area contributed by atoms with Gasteiger partial charge in [-0.1, -0.05) is 41.9 Å². The number of aliphatic carboxylic acids is 1. The molecular formula is C28H26ClF2NO4. The summed E-state index contributed by atoms with van der Waals surface area (Å²) in [5, 5.41) is 9.35. The number of carbonyl (C=O) groups excluding carboxylic acids is 1. The summed E-state index contributed by atoms with van der Waals surface area (Å²) in [6, 6.07) is 16.2. The minimum atomic E-state index is -1.11. The Bertz CT molecular complexity index is 1300. The van der Waals surface area contributed by atoms with Crippen LogP contribution in [-0.2, 0) is 35.3 Å². The van der Waals surface area contributed by atoms with Crippen LogP contribution in [-0.4, -0.2) is 40.6 Å². The van der Waals surface area contributed by atoms with Crippen molar-refractivity contribution < 1.29 is 28.2 Å². The monoisotopic (exact) mass is 513 g/mol. The summed E-state index contributed by atoms with van der Waals surface area (Å²) in [6.45, 7) is 1.68. The van der Waals surface area contributed by atoms with Crippen molar-refractivity contribution in [1.29, 1.82) is 0 Å². The minimum absolute atomic E-state index is 0.0306. The highest BCUT2D eigenvalue weighted by atomic mass is 35.5. The summed E-state index contributed by atoms with van der Waals surface area (Å²) < 4.78 is 33.5. The molecule has 0 aromatic heterocycles. The maximum Gasteiger partial charge on any atom is 0.323 e. The Morgan fingerprint density at radius 1 is 1.06 bits per heavy atom. The molecular weight excluding hydrogens is 488 g/mol. The van der Waals surface area contributed by atoms with Crippen molar-refractivity contribution >= 4 is 23.5 Å². The molecule has 0 saturated heterocycles. The number of hydrogen-bond donors (Lipinski definition) is 1. The van der Waals surface area contributed by atoms with Crippen molar-refractivity contribution in [3.63, 3.8) is 0 Å². The highest BCUT2D eigenvalue weighted by Gasteiger charge is 2.35. The lowest BCUT2D eigenvalue weighted by atomic mass is 9.91. The molecule has 3 aromatic carbocycles. The Morgan fingerprint density at radius 3 is 2.56 bits per heavy atom. The van der Waals surface area contributed by atoms with Gasteiger partial charge in [0.2, 0.25) is 5.91 Å². The van der Waals surface area contributed by atoms with E-state index >= 15 is 0 Å². The van der Waals surface area contributed by atoms with Gasteiger partial charge in [-0.3, -0.25) is 9.59 Å². The summed E-state index contributed by atoms with van der Waals surface area (Å²) in [7, 11) is 0. The first-order valence-corrected chi connectivity index (χ1v) is 12.0. The zero-order valence-corrected chi connectivity index (χ0v) is 20.5. The summed E-state index contributed by atoms with van der Waals surface area (Å²) in [5.41, 5.74) is 2.55. The third kappa shape index (κ3) is 6.40. The quantitative estimate of drug-likeness (QED) is 0.424. The number of nitrogens with zero attached hydrogens (tertiary/aromatic N) is 1. The minimum Gasteiger partial charge on any atom is -0.487 e. The zero-order chi connectivity index (χ0) is 25.9. The van der Waals surface area contributed by atoms with Gasteiger partial charge < -0.3 is 14.7 Å². The molecule has 1 heterocycles. The average Bonchev–Trinajstić information content (AvgIpc) is 3.13. The second-order valence-corrected chi connectivity index (χ2v) is 9.77. The Labute approximate surface area is 213 Å². The van der Waals surface area contributed by atoms with Gasteiger partial charge in [0.05, 0.1) is 11.4 Å². The van der Waals surface area contributed by atoms with Crippen LogP contribution >= 0.6 is 11.6 Å². The molecule has 0 aliphatic carbocycles. The molecule has 1 atom stereocenters. The van der Waals surface area contributed by atoms with Gasteiger partial charge in [0, 0.05) is 19.4 Å². The zero-order valence-electron chi connectivity index (χ0n) is 19.8. The lowest BCUT2D eigenvalue weighted by molar-refractivity contribution is -0.144. The SMILES string of the molecule is C[C@@]1(Cc2ccc(Cl)c(F)c2)Cc2cc(CC(=O)N(CCc3cccc(F)c3)CC(=O)O)ccc2O1. The van der Waals surface area contributed by atoms with Crippen molar-refractivity contribution in [2.45, 2.75) is 38.2 Å². The van der Waals surface area contributed by atoms with Crippen LogP contribution in [0.3, 0.4) is 0 Å².